The van der Waals surface area contributed by atoms with Gasteiger partial charge in [0.25, 0.3) is 0 Å². The summed E-state index contributed by atoms with van der Waals surface area (Å²) in [6.45, 7) is 0. The molecule has 0 saturated heterocycles. The van der Waals surface area contributed by atoms with Crippen molar-refractivity contribution in [3.05, 3.63) is 46.5 Å². The number of carbonyl (C=O) groups excluding carboxylic acids is 1. The summed E-state index contributed by atoms with van der Waals surface area (Å²) < 4.78 is 0.196. The Kier molecular flexibility index (Phi) is 7.43. The van der Waals surface area contributed by atoms with Crippen LogP contribution in [0.4, 0.5) is 4.79 Å². The van der Waals surface area contributed by atoms with Gasteiger partial charge in [-0.05, 0) is 31.2 Å². The van der Waals surface area contributed by atoms with Crippen LogP contribution < -0.4 is 5.32 Å². The van der Waals surface area contributed by atoms with Crippen LogP contribution in [-0.4, -0.2) is 21.1 Å². The number of hydrogen-bond acceptors (Lipinski definition) is 2. The first-order chi connectivity index (χ1) is 10.3. The van der Waals surface area contributed by atoms with Crippen molar-refractivity contribution in [1.29, 1.82) is 0 Å². The Hall–Kier alpha value is -0.688. The molecule has 112 valence electrons. The third-order valence-electron chi connectivity index (χ3n) is 3.75. The molecule has 0 atom stereocenters. The van der Waals surface area contributed by atoms with Crippen LogP contribution in [0.25, 0.3) is 0 Å². The number of benzene rings is 1. The predicted molar refractivity (Wildman–Crippen MR) is 94.2 cm³/mol. The van der Waals surface area contributed by atoms with Gasteiger partial charge in [-0.3, -0.25) is 4.79 Å². The molecule has 0 unspecified atom stereocenters. The van der Waals surface area contributed by atoms with Crippen molar-refractivity contribution in [2.45, 2.75) is 50.7 Å². The van der Waals surface area contributed by atoms with Crippen molar-refractivity contribution >= 4 is 32.8 Å². The summed E-state index contributed by atoms with van der Waals surface area (Å²) in [4.78, 5) is 12.9. The molecule has 0 bridgehead atoms. The first-order valence-electron chi connectivity index (χ1n) is 7.92. The Balaban J connectivity index is 2.07. The van der Waals surface area contributed by atoms with Crippen molar-refractivity contribution in [1.82, 2.24) is 5.32 Å². The fourth-order valence-corrected chi connectivity index (χ4v) is 4.11. The minimum atomic E-state index is 0.196. The smallest absolute Gasteiger partial charge is 0.346 e. The summed E-state index contributed by atoms with van der Waals surface area (Å²) >= 11 is 2.49. The molecule has 1 aliphatic rings. The van der Waals surface area contributed by atoms with E-state index in [0.29, 0.717) is 16.3 Å². The van der Waals surface area contributed by atoms with Gasteiger partial charge in [-0.2, -0.15) is 0 Å². The molecular formula is C17H24AlNOS. The van der Waals surface area contributed by atoms with Gasteiger partial charge >= 0.3 is 16.3 Å². The van der Waals surface area contributed by atoms with Crippen LogP contribution in [0.2, 0.25) is 0 Å². The first-order valence-corrected chi connectivity index (χ1v) is 9.90. The van der Waals surface area contributed by atoms with Gasteiger partial charge in [-0.25, -0.2) is 0 Å². The molecule has 1 aliphatic carbocycles. The van der Waals surface area contributed by atoms with Crippen molar-refractivity contribution in [3.8, 4) is 0 Å². The van der Waals surface area contributed by atoms with Crippen LogP contribution in [0.1, 0.15) is 50.5 Å². The van der Waals surface area contributed by atoms with E-state index in [9.17, 15) is 4.79 Å². The van der Waals surface area contributed by atoms with E-state index in [0.717, 1.165) is 18.6 Å². The lowest BCUT2D eigenvalue weighted by Crippen LogP contribution is -2.22. The monoisotopic (exact) mass is 317 g/mol. The standard InChI is InChI=1S/C17H22NOS.Al.2H/c19-14-18-16-11-7-2-1-3-8-12-17(16)20-13-15-9-5-4-6-10-15;;;/h4-6,9-10H,1-3,7-8,11-13H2,(H,18,19);;;/b17-16-;;;. The average molecular weight is 317 g/mol. The normalized spacial score (nSPS) is 20.2. The van der Waals surface area contributed by atoms with E-state index in [1.54, 1.807) is 0 Å². The lowest BCUT2D eigenvalue weighted by atomic mass is 10.1. The average Bonchev–Trinajstić information content (AvgIpc) is 2.58. The predicted octanol–water partition coefficient (Wildman–Crippen LogP) is 4.22. The summed E-state index contributed by atoms with van der Waals surface area (Å²) in [6, 6.07) is 10.6. The van der Waals surface area contributed by atoms with Crippen LogP contribution in [0.15, 0.2) is 40.9 Å². The van der Waals surface area contributed by atoms with Crippen molar-refractivity contribution in [2.75, 3.05) is 0 Å². The maximum Gasteiger partial charge on any atom is 0.355 e. The molecule has 21 heavy (non-hydrogen) atoms. The Bertz CT molecular complexity index is 487. The Morgan fingerprint density at radius 3 is 2.43 bits per heavy atom. The van der Waals surface area contributed by atoms with Crippen molar-refractivity contribution in [2.24, 2.45) is 0 Å². The number of thioether (sulfide) groups is 1. The fraction of sp³-hybridized carbons (Fsp3) is 0.471. The molecule has 2 nitrogen and oxygen atoms in total. The quantitative estimate of drug-likeness (QED) is 0.843. The van der Waals surface area contributed by atoms with Gasteiger partial charge in [0.05, 0.1) is 0 Å². The molecule has 1 aromatic rings. The maximum atomic E-state index is 11.5. The van der Waals surface area contributed by atoms with E-state index in [1.807, 2.05) is 11.8 Å². The van der Waals surface area contributed by atoms with E-state index < -0.39 is 0 Å². The van der Waals surface area contributed by atoms with Gasteiger partial charge in [-0.1, -0.05) is 49.6 Å². The molecule has 0 fully saturated rings. The van der Waals surface area contributed by atoms with Gasteiger partial charge in [0.1, 0.15) is 4.77 Å². The number of nitrogens with one attached hydrogen (secondary N) is 1. The summed E-state index contributed by atoms with van der Waals surface area (Å²) in [5, 5.41) is 3.15. The fourth-order valence-electron chi connectivity index (χ4n) is 2.66. The van der Waals surface area contributed by atoms with E-state index in [4.69, 9.17) is 0 Å². The highest BCUT2D eigenvalue weighted by Crippen LogP contribution is 2.31. The Morgan fingerprint density at radius 1 is 1.05 bits per heavy atom. The number of amides is 1. The van der Waals surface area contributed by atoms with Gasteiger partial charge < -0.3 is 5.32 Å². The summed E-state index contributed by atoms with van der Waals surface area (Å²) in [7, 11) is 0. The highest BCUT2D eigenvalue weighted by atomic mass is 32.2. The zero-order valence-electron chi connectivity index (χ0n) is 12.9. The molecule has 0 aromatic heterocycles. The van der Waals surface area contributed by atoms with Gasteiger partial charge in [0.2, 0.25) is 0 Å². The molecule has 2 rings (SSSR count). The van der Waals surface area contributed by atoms with Gasteiger partial charge in [0, 0.05) is 16.4 Å². The lowest BCUT2D eigenvalue weighted by molar-refractivity contribution is 0.261. The van der Waals surface area contributed by atoms with Crippen molar-refractivity contribution in [3.63, 3.8) is 0 Å². The molecule has 1 amide bonds. The van der Waals surface area contributed by atoms with Crippen molar-refractivity contribution < 1.29 is 4.79 Å². The molecule has 1 N–H and O–H groups in total. The third kappa shape index (κ3) is 6.30. The van der Waals surface area contributed by atoms with E-state index in [-0.39, 0.29) is 4.77 Å². The lowest BCUT2D eigenvalue weighted by Gasteiger charge is -2.15. The molecule has 0 radical (unpaired) electrons. The molecule has 0 aliphatic heterocycles. The maximum absolute atomic E-state index is 11.5. The largest absolute Gasteiger partial charge is 0.355 e. The first kappa shape index (κ1) is 16.7. The highest BCUT2D eigenvalue weighted by Gasteiger charge is 2.11. The second-order valence-electron chi connectivity index (χ2n) is 5.62. The molecule has 0 saturated carbocycles. The van der Waals surface area contributed by atoms with Crippen LogP contribution in [0, 0.1) is 0 Å². The Morgan fingerprint density at radius 2 is 1.71 bits per heavy atom. The topological polar surface area (TPSA) is 29.1 Å². The second-order valence-corrected chi connectivity index (χ2v) is 7.60. The molecule has 1 aromatic carbocycles. The number of carbonyl (C=O) groups is 1. The van der Waals surface area contributed by atoms with E-state index in [2.05, 4.69) is 35.6 Å². The number of allylic oxidation sites excluding steroid dienone is 2. The summed E-state index contributed by atoms with van der Waals surface area (Å²) in [5.74, 6) is 0.997. The molecule has 0 spiro atoms. The SMILES string of the molecule is O=[C]([AlH2])N/C1=C(\SCc2ccccc2)CCCCCCC1. The number of hydrogen-bond donors (Lipinski definition) is 1. The van der Waals surface area contributed by atoms with Gasteiger partial charge in [-0.15, -0.1) is 11.8 Å². The summed E-state index contributed by atoms with van der Waals surface area (Å²) in [6.07, 6.45) is 8.54. The minimum Gasteiger partial charge on any atom is -0.346 e. The third-order valence-corrected chi connectivity index (χ3v) is 5.28. The van der Waals surface area contributed by atoms with Crippen LogP contribution in [0.5, 0.6) is 0 Å². The zero-order chi connectivity index (χ0) is 14.9. The molecule has 0 heterocycles. The van der Waals surface area contributed by atoms with Crippen LogP contribution in [-0.2, 0) is 5.75 Å². The molecular weight excluding hydrogens is 293 g/mol. The highest BCUT2D eigenvalue weighted by molar-refractivity contribution is 8.02. The Labute approximate surface area is 140 Å². The van der Waals surface area contributed by atoms with Crippen LogP contribution in [0.3, 0.4) is 0 Å². The number of rotatable bonds is 4. The molecule has 4 heteroatoms. The summed E-state index contributed by atoms with van der Waals surface area (Å²) in [5.41, 5.74) is 2.56. The van der Waals surface area contributed by atoms with Gasteiger partial charge in [0.15, 0.2) is 0 Å². The van der Waals surface area contributed by atoms with Crippen LogP contribution >= 0.6 is 11.8 Å². The minimum absolute atomic E-state index is 0.196. The second kappa shape index (κ2) is 9.35. The zero-order valence-corrected chi connectivity index (χ0v) is 15.7. The van der Waals surface area contributed by atoms with E-state index >= 15 is 0 Å². The van der Waals surface area contributed by atoms with E-state index in [1.165, 1.54) is 48.3 Å².